The van der Waals surface area contributed by atoms with Crippen molar-refractivity contribution in [3.8, 4) is 11.5 Å². The highest BCUT2D eigenvalue weighted by atomic mass is 32.2. The number of allylic oxidation sites excluding steroid dienone is 1. The lowest BCUT2D eigenvalue weighted by molar-refractivity contribution is -0.113. The van der Waals surface area contributed by atoms with Crippen LogP contribution in [-0.4, -0.2) is 34.4 Å². The normalized spacial score (nSPS) is 14.4. The molecule has 0 aliphatic carbocycles. The van der Waals surface area contributed by atoms with Crippen LogP contribution in [0.5, 0.6) is 11.5 Å². The highest BCUT2D eigenvalue weighted by Gasteiger charge is 2.34. The minimum Gasteiger partial charge on any atom is -0.497 e. The second-order valence-electron chi connectivity index (χ2n) is 8.69. The van der Waals surface area contributed by atoms with Gasteiger partial charge in [-0.25, -0.2) is 4.68 Å². The third-order valence-electron chi connectivity index (χ3n) is 6.14. The fourth-order valence-corrected chi connectivity index (χ4v) is 5.09. The van der Waals surface area contributed by atoms with E-state index in [4.69, 9.17) is 19.6 Å². The summed E-state index contributed by atoms with van der Waals surface area (Å²) >= 11 is 1.56. The maximum atomic E-state index is 13.7. The first-order chi connectivity index (χ1) is 18.6. The molecule has 2 heterocycles. The van der Waals surface area contributed by atoms with E-state index in [1.165, 1.54) is 5.56 Å². The maximum Gasteiger partial charge on any atom is 0.255 e. The first kappa shape index (κ1) is 25.4. The van der Waals surface area contributed by atoms with Gasteiger partial charge in [0.15, 0.2) is 0 Å². The largest absolute Gasteiger partial charge is 0.497 e. The summed E-state index contributed by atoms with van der Waals surface area (Å²) in [6, 6.07) is 24.7. The van der Waals surface area contributed by atoms with Gasteiger partial charge in [-0.3, -0.25) is 4.79 Å². The van der Waals surface area contributed by atoms with Crippen molar-refractivity contribution in [3.63, 3.8) is 0 Å². The molecule has 0 saturated heterocycles. The Hall–Kier alpha value is -4.24. The number of hydrogen-bond donors (Lipinski definition) is 2. The molecule has 3 aromatic carbocycles. The van der Waals surface area contributed by atoms with Gasteiger partial charge in [0.2, 0.25) is 11.1 Å². The van der Waals surface area contributed by atoms with Crippen LogP contribution in [0.25, 0.3) is 0 Å². The zero-order valence-electron chi connectivity index (χ0n) is 21.5. The summed E-state index contributed by atoms with van der Waals surface area (Å²) in [6.07, 6.45) is 0. The molecule has 0 spiro atoms. The molecule has 9 heteroatoms. The van der Waals surface area contributed by atoms with Crippen molar-refractivity contribution in [3.05, 3.63) is 101 Å². The van der Waals surface area contributed by atoms with Crippen molar-refractivity contribution in [1.82, 2.24) is 14.8 Å². The first-order valence-corrected chi connectivity index (χ1v) is 13.3. The number of thioether (sulfide) groups is 1. The second-order valence-corrected chi connectivity index (χ2v) is 9.63. The quantitative estimate of drug-likeness (QED) is 0.262. The number of benzene rings is 3. The van der Waals surface area contributed by atoms with E-state index in [2.05, 4.69) is 22.8 Å². The molecule has 8 nitrogen and oxygen atoms in total. The number of rotatable bonds is 9. The number of nitrogens with one attached hydrogen (secondary N) is 2. The minimum absolute atomic E-state index is 0.223. The van der Waals surface area contributed by atoms with Crippen molar-refractivity contribution in [2.45, 2.75) is 30.8 Å². The zero-order valence-corrected chi connectivity index (χ0v) is 22.3. The number of anilines is 2. The van der Waals surface area contributed by atoms with E-state index in [0.717, 1.165) is 28.5 Å². The predicted molar refractivity (Wildman–Crippen MR) is 150 cm³/mol. The van der Waals surface area contributed by atoms with Gasteiger partial charge >= 0.3 is 0 Å². The van der Waals surface area contributed by atoms with Crippen LogP contribution in [-0.2, 0) is 10.5 Å². The van der Waals surface area contributed by atoms with Gasteiger partial charge in [0.05, 0.1) is 19.3 Å². The molecule has 0 bridgehead atoms. The lowest BCUT2D eigenvalue weighted by atomic mass is 9.95. The van der Waals surface area contributed by atoms with Gasteiger partial charge in [-0.1, -0.05) is 54.2 Å². The smallest absolute Gasteiger partial charge is 0.255 e. The van der Waals surface area contributed by atoms with Crippen molar-refractivity contribution in [2.75, 3.05) is 24.4 Å². The first-order valence-electron chi connectivity index (χ1n) is 12.3. The number of amides is 1. The van der Waals surface area contributed by atoms with Gasteiger partial charge in [-0.05, 0) is 61.4 Å². The van der Waals surface area contributed by atoms with Gasteiger partial charge in [-0.15, -0.1) is 5.10 Å². The van der Waals surface area contributed by atoms with Gasteiger partial charge < -0.3 is 20.1 Å². The summed E-state index contributed by atoms with van der Waals surface area (Å²) in [7, 11) is 1.61. The third kappa shape index (κ3) is 5.52. The average Bonchev–Trinajstić information content (AvgIpc) is 3.35. The molecule has 2 N–H and O–H groups in total. The van der Waals surface area contributed by atoms with Crippen LogP contribution in [0.4, 0.5) is 11.6 Å². The van der Waals surface area contributed by atoms with Crippen molar-refractivity contribution in [1.29, 1.82) is 0 Å². The van der Waals surface area contributed by atoms with Crippen LogP contribution in [0.2, 0.25) is 0 Å². The molecule has 1 atom stereocenters. The Kier molecular flexibility index (Phi) is 7.65. The molecule has 1 aromatic heterocycles. The molecule has 1 aliphatic rings. The number of methoxy groups -OCH3 is 1. The Morgan fingerprint density at radius 1 is 1.03 bits per heavy atom. The van der Waals surface area contributed by atoms with E-state index in [1.54, 1.807) is 23.6 Å². The molecular formula is C29H29N5O3S. The molecule has 0 saturated carbocycles. The maximum absolute atomic E-state index is 13.7. The SMILES string of the molecule is CCOc1ccc(C2C(C(=O)Nc3ccc(OC)cc3)=C(C)Nc3nc(SCc4ccccc4)nn32)cc1. The van der Waals surface area contributed by atoms with Gasteiger partial charge in [-0.2, -0.15) is 4.98 Å². The third-order valence-corrected chi connectivity index (χ3v) is 7.05. The fourth-order valence-electron chi connectivity index (χ4n) is 4.30. The number of fused-ring (bicyclic) bond motifs is 1. The van der Waals surface area contributed by atoms with Gasteiger partial charge in [0.1, 0.15) is 17.5 Å². The summed E-state index contributed by atoms with van der Waals surface area (Å²) in [5, 5.41) is 11.8. The van der Waals surface area contributed by atoms with E-state index in [1.807, 2.05) is 80.6 Å². The highest BCUT2D eigenvalue weighted by molar-refractivity contribution is 7.98. The molecule has 1 unspecified atom stereocenters. The van der Waals surface area contributed by atoms with E-state index in [-0.39, 0.29) is 5.91 Å². The molecular weight excluding hydrogens is 498 g/mol. The summed E-state index contributed by atoms with van der Waals surface area (Å²) in [5.74, 6) is 2.61. The predicted octanol–water partition coefficient (Wildman–Crippen LogP) is 5.91. The molecule has 1 aliphatic heterocycles. The molecule has 1 amide bonds. The Labute approximate surface area is 226 Å². The molecule has 0 radical (unpaired) electrons. The Balaban J connectivity index is 1.47. The van der Waals surface area contributed by atoms with Crippen molar-refractivity contribution >= 4 is 29.3 Å². The number of aromatic nitrogens is 3. The number of ether oxygens (including phenoxy) is 2. The monoisotopic (exact) mass is 527 g/mol. The fraction of sp³-hybridized carbons (Fsp3) is 0.207. The second kappa shape index (κ2) is 11.4. The molecule has 5 rings (SSSR count). The topological polar surface area (TPSA) is 90.3 Å². The van der Waals surface area contributed by atoms with Crippen LogP contribution in [0.3, 0.4) is 0 Å². The van der Waals surface area contributed by atoms with Crippen LogP contribution in [0, 0.1) is 0 Å². The van der Waals surface area contributed by atoms with Gasteiger partial charge in [0.25, 0.3) is 5.91 Å². The van der Waals surface area contributed by atoms with E-state index >= 15 is 0 Å². The standard InChI is InChI=1S/C29H29N5O3S/c1-4-37-24-14-10-21(11-15-24)26-25(27(35)31-22-12-16-23(36-3)17-13-22)19(2)30-28-32-29(33-34(26)28)38-18-20-8-6-5-7-9-20/h5-17,26H,4,18H2,1-3H3,(H,31,35)(H,30,32,33). The van der Waals surface area contributed by atoms with Crippen molar-refractivity contribution < 1.29 is 14.3 Å². The van der Waals surface area contributed by atoms with Crippen LogP contribution in [0.15, 0.2) is 95.3 Å². The van der Waals surface area contributed by atoms with Crippen molar-refractivity contribution in [2.24, 2.45) is 0 Å². The summed E-state index contributed by atoms with van der Waals surface area (Å²) < 4.78 is 12.7. The average molecular weight is 528 g/mol. The summed E-state index contributed by atoms with van der Waals surface area (Å²) in [5.41, 5.74) is 4.04. The molecule has 4 aromatic rings. The van der Waals surface area contributed by atoms with E-state index in [9.17, 15) is 4.79 Å². The van der Waals surface area contributed by atoms with Gasteiger partial charge in [0, 0.05) is 17.1 Å². The summed E-state index contributed by atoms with van der Waals surface area (Å²) in [6.45, 7) is 4.42. The Bertz CT molecular complexity index is 1430. The number of carbonyl (C=O) groups is 1. The number of nitrogens with zero attached hydrogens (tertiary/aromatic N) is 3. The van der Waals surface area contributed by atoms with Crippen LogP contribution >= 0.6 is 11.8 Å². The Morgan fingerprint density at radius 2 is 1.74 bits per heavy atom. The minimum atomic E-state index is -0.473. The molecule has 38 heavy (non-hydrogen) atoms. The zero-order chi connectivity index (χ0) is 26.5. The van der Waals surface area contributed by atoms with Crippen LogP contribution in [0.1, 0.15) is 31.0 Å². The Morgan fingerprint density at radius 3 is 2.42 bits per heavy atom. The van der Waals surface area contributed by atoms with E-state index in [0.29, 0.717) is 29.0 Å². The van der Waals surface area contributed by atoms with Crippen LogP contribution < -0.4 is 20.1 Å². The van der Waals surface area contributed by atoms with E-state index < -0.39 is 6.04 Å². The lowest BCUT2D eigenvalue weighted by Gasteiger charge is -2.28. The molecule has 194 valence electrons. The summed E-state index contributed by atoms with van der Waals surface area (Å²) in [4.78, 5) is 18.4. The molecule has 0 fully saturated rings. The lowest BCUT2D eigenvalue weighted by Crippen LogP contribution is -2.31. The number of carbonyl (C=O) groups excluding carboxylic acids is 1. The number of hydrogen-bond acceptors (Lipinski definition) is 7. The highest BCUT2D eigenvalue weighted by Crippen LogP contribution is 2.37.